The lowest BCUT2D eigenvalue weighted by Crippen LogP contribution is -2.17. The molecule has 0 saturated heterocycles. The third-order valence-electron chi connectivity index (χ3n) is 3.38. The summed E-state index contributed by atoms with van der Waals surface area (Å²) in [5.74, 6) is 6.29. The van der Waals surface area contributed by atoms with E-state index in [0.717, 1.165) is 19.5 Å². The largest absolute Gasteiger partial charge is 0.298 e. The number of hydrogen-bond acceptors (Lipinski definition) is 2. The Bertz CT molecular complexity index is 642. The van der Waals surface area contributed by atoms with Gasteiger partial charge in [-0.05, 0) is 41.9 Å². The number of benzene rings is 1. The molecule has 2 aromatic rings. The number of fused-ring (bicyclic) bond motifs is 1. The van der Waals surface area contributed by atoms with Crippen LogP contribution < -0.4 is 0 Å². The van der Waals surface area contributed by atoms with Crippen LogP contribution in [0, 0.1) is 11.8 Å². The molecule has 0 atom stereocenters. The lowest BCUT2D eigenvalue weighted by atomic mass is 10.2. The average molecular weight is 297 g/mol. The minimum atomic E-state index is 0.937. The number of nitrogens with zero attached hydrogens (tertiary/aromatic N) is 1. The van der Waals surface area contributed by atoms with Crippen LogP contribution in [0.1, 0.15) is 31.7 Å². The van der Waals surface area contributed by atoms with Crippen LogP contribution in [-0.4, -0.2) is 18.5 Å². The predicted molar refractivity (Wildman–Crippen MR) is 94.6 cm³/mol. The smallest absolute Gasteiger partial charge is 0.0346 e. The molecule has 21 heavy (non-hydrogen) atoms. The second-order valence-electron chi connectivity index (χ2n) is 5.28. The fourth-order valence-electron chi connectivity index (χ4n) is 2.20. The van der Waals surface area contributed by atoms with Gasteiger partial charge in [0.25, 0.3) is 0 Å². The van der Waals surface area contributed by atoms with E-state index in [-0.39, 0.29) is 0 Å². The first-order valence-corrected chi connectivity index (χ1v) is 8.46. The molecule has 0 bridgehead atoms. The van der Waals surface area contributed by atoms with Gasteiger partial charge in [-0.15, -0.1) is 11.3 Å². The maximum Gasteiger partial charge on any atom is 0.0346 e. The van der Waals surface area contributed by atoms with E-state index in [1.165, 1.54) is 28.5 Å². The van der Waals surface area contributed by atoms with Gasteiger partial charge in [0, 0.05) is 24.2 Å². The van der Waals surface area contributed by atoms with Gasteiger partial charge in [0.1, 0.15) is 0 Å². The van der Waals surface area contributed by atoms with E-state index in [1.807, 2.05) is 17.4 Å². The molecule has 0 saturated carbocycles. The van der Waals surface area contributed by atoms with Crippen LogP contribution in [0.3, 0.4) is 0 Å². The normalized spacial score (nSPS) is 11.2. The first kappa shape index (κ1) is 15.8. The Balaban J connectivity index is 1.83. The Morgan fingerprint density at radius 3 is 3.00 bits per heavy atom. The minimum absolute atomic E-state index is 0.937. The highest BCUT2D eigenvalue weighted by atomic mass is 32.1. The summed E-state index contributed by atoms with van der Waals surface area (Å²) < 4.78 is 1.37. The van der Waals surface area contributed by atoms with Crippen molar-refractivity contribution in [1.29, 1.82) is 0 Å². The maximum atomic E-state index is 3.18. The van der Waals surface area contributed by atoms with Crippen LogP contribution in [0.4, 0.5) is 0 Å². The number of unbranched alkanes of at least 4 members (excludes halogenated alkanes) is 2. The monoisotopic (exact) mass is 297 g/mol. The van der Waals surface area contributed by atoms with Crippen molar-refractivity contribution in [2.24, 2.45) is 0 Å². The average Bonchev–Trinajstić information content (AvgIpc) is 2.90. The van der Waals surface area contributed by atoms with Gasteiger partial charge in [-0.1, -0.05) is 49.5 Å². The van der Waals surface area contributed by atoms with Crippen molar-refractivity contribution in [1.82, 2.24) is 4.90 Å². The Labute approximate surface area is 132 Å². The molecule has 0 aliphatic carbocycles. The zero-order chi connectivity index (χ0) is 14.9. The summed E-state index contributed by atoms with van der Waals surface area (Å²) in [5, 5.41) is 3.66. The molecule has 0 radical (unpaired) electrons. The molecule has 1 aromatic carbocycles. The van der Waals surface area contributed by atoms with Crippen LogP contribution in [0.15, 0.2) is 41.8 Å². The Hall–Kier alpha value is -1.56. The lowest BCUT2D eigenvalue weighted by molar-refractivity contribution is 0.365. The Kier molecular flexibility index (Phi) is 6.53. The van der Waals surface area contributed by atoms with Crippen molar-refractivity contribution in [2.45, 2.75) is 32.7 Å². The van der Waals surface area contributed by atoms with Crippen molar-refractivity contribution >= 4 is 21.4 Å². The van der Waals surface area contributed by atoms with E-state index in [4.69, 9.17) is 0 Å². The zero-order valence-electron chi connectivity index (χ0n) is 12.9. The van der Waals surface area contributed by atoms with Crippen molar-refractivity contribution < 1.29 is 0 Å². The molecular weight excluding hydrogens is 274 g/mol. The van der Waals surface area contributed by atoms with Gasteiger partial charge < -0.3 is 0 Å². The van der Waals surface area contributed by atoms with Gasteiger partial charge >= 0.3 is 0 Å². The molecule has 0 aliphatic heterocycles. The van der Waals surface area contributed by atoms with Crippen molar-refractivity contribution in [3.63, 3.8) is 0 Å². The highest BCUT2D eigenvalue weighted by molar-refractivity contribution is 7.17. The molecule has 2 heteroatoms. The number of thiophene rings is 1. The lowest BCUT2D eigenvalue weighted by Gasteiger charge is -2.13. The van der Waals surface area contributed by atoms with Gasteiger partial charge in [0.15, 0.2) is 0 Å². The van der Waals surface area contributed by atoms with E-state index in [2.05, 4.69) is 66.4 Å². The van der Waals surface area contributed by atoms with Gasteiger partial charge in [-0.25, -0.2) is 0 Å². The molecule has 2 rings (SSSR count). The number of allylic oxidation sites excluding steroid dienone is 1. The molecule has 1 heterocycles. The first-order valence-electron chi connectivity index (χ1n) is 7.58. The van der Waals surface area contributed by atoms with Gasteiger partial charge in [-0.3, -0.25) is 4.90 Å². The summed E-state index contributed by atoms with van der Waals surface area (Å²) in [6, 6.07) is 8.62. The third-order valence-corrected chi connectivity index (χ3v) is 4.39. The zero-order valence-corrected chi connectivity index (χ0v) is 13.7. The maximum absolute atomic E-state index is 3.18. The molecule has 0 fully saturated rings. The highest BCUT2D eigenvalue weighted by Crippen LogP contribution is 2.26. The van der Waals surface area contributed by atoms with E-state index in [9.17, 15) is 0 Å². The molecule has 0 unspecified atom stereocenters. The topological polar surface area (TPSA) is 3.24 Å². The second kappa shape index (κ2) is 8.67. The van der Waals surface area contributed by atoms with E-state index < -0.39 is 0 Å². The predicted octanol–water partition coefficient (Wildman–Crippen LogP) is 5.08. The molecule has 1 nitrogen and oxygen atoms in total. The molecule has 0 spiro atoms. The summed E-state index contributed by atoms with van der Waals surface area (Å²) in [6.45, 7) is 4.12. The van der Waals surface area contributed by atoms with Crippen LogP contribution in [0.2, 0.25) is 0 Å². The molecule has 110 valence electrons. The Morgan fingerprint density at radius 1 is 1.29 bits per heavy atom. The Morgan fingerprint density at radius 2 is 2.14 bits per heavy atom. The van der Waals surface area contributed by atoms with Crippen LogP contribution in [0.25, 0.3) is 10.1 Å². The second-order valence-corrected chi connectivity index (χ2v) is 6.19. The minimum Gasteiger partial charge on any atom is -0.298 e. The van der Waals surface area contributed by atoms with Crippen LogP contribution >= 0.6 is 11.3 Å². The third kappa shape index (κ3) is 5.04. The summed E-state index contributed by atoms with van der Waals surface area (Å²) >= 11 is 1.83. The molecular formula is C19H23NS. The summed E-state index contributed by atoms with van der Waals surface area (Å²) in [7, 11) is 2.15. The van der Waals surface area contributed by atoms with Gasteiger partial charge in [-0.2, -0.15) is 0 Å². The number of rotatable bonds is 6. The first-order chi connectivity index (χ1) is 10.3. The van der Waals surface area contributed by atoms with E-state index in [1.54, 1.807) is 0 Å². The molecule has 0 N–H and O–H groups in total. The van der Waals surface area contributed by atoms with E-state index >= 15 is 0 Å². The van der Waals surface area contributed by atoms with Crippen LogP contribution in [0.5, 0.6) is 0 Å². The fourth-order valence-corrected chi connectivity index (χ4v) is 3.15. The number of likely N-dealkylation sites (N-methyl/N-ethyl adjacent to an activating group) is 1. The van der Waals surface area contributed by atoms with Crippen molar-refractivity contribution in [3.8, 4) is 11.8 Å². The molecule has 1 aromatic heterocycles. The summed E-state index contributed by atoms with van der Waals surface area (Å²) in [6.07, 6.45) is 7.56. The summed E-state index contributed by atoms with van der Waals surface area (Å²) in [4.78, 5) is 2.32. The van der Waals surface area contributed by atoms with E-state index in [0.29, 0.717) is 0 Å². The highest BCUT2D eigenvalue weighted by Gasteiger charge is 2.05. The van der Waals surface area contributed by atoms with Gasteiger partial charge in [0.2, 0.25) is 0 Å². The van der Waals surface area contributed by atoms with Crippen LogP contribution in [-0.2, 0) is 6.54 Å². The van der Waals surface area contributed by atoms with Crippen molar-refractivity contribution in [2.75, 3.05) is 13.6 Å². The quantitative estimate of drug-likeness (QED) is 0.530. The standard InChI is InChI=1S/C19H23NS/c1-3-4-5-6-7-8-11-14-20(2)15-17-16-21-19-13-10-9-12-18(17)19/h8-13,16H,3-5,14-15H2,1-2H3/b11-8-. The molecule has 0 amide bonds. The SMILES string of the molecule is CCCCC#C/C=C\CN(C)Cc1csc2ccccc12. The number of hydrogen-bond donors (Lipinski definition) is 0. The molecule has 0 aliphatic rings. The fraction of sp³-hybridized carbons (Fsp3) is 0.368. The van der Waals surface area contributed by atoms with Crippen molar-refractivity contribution in [3.05, 3.63) is 47.4 Å². The van der Waals surface area contributed by atoms with Gasteiger partial charge in [0.05, 0.1) is 0 Å². The summed E-state index contributed by atoms with van der Waals surface area (Å²) in [5.41, 5.74) is 1.42.